The molecule has 2 N–H and O–H groups in total. The fourth-order valence-electron chi connectivity index (χ4n) is 2.28. The highest BCUT2D eigenvalue weighted by Gasteiger charge is 2.29. The second-order valence-corrected chi connectivity index (χ2v) is 7.51. The summed E-state index contributed by atoms with van der Waals surface area (Å²) in [5, 5.41) is 0. The van der Waals surface area contributed by atoms with Crippen LogP contribution in [0.4, 0.5) is 0 Å². The van der Waals surface area contributed by atoms with Crippen LogP contribution in [0.1, 0.15) is 64.7 Å². The lowest BCUT2D eigenvalue weighted by Gasteiger charge is -2.15. The fraction of sp³-hybridized carbons (Fsp3) is 0.750. The SMILES string of the molecule is C=CC(=O)OOC(=O)C(CCCCCCCCCC)CP(=O)(O)O. The lowest BCUT2D eigenvalue weighted by molar-refractivity contribution is -0.257. The van der Waals surface area contributed by atoms with Crippen molar-refractivity contribution in [2.75, 3.05) is 6.16 Å². The maximum absolute atomic E-state index is 11.8. The van der Waals surface area contributed by atoms with Crippen LogP contribution in [0.2, 0.25) is 0 Å². The summed E-state index contributed by atoms with van der Waals surface area (Å²) in [6.07, 6.45) is 8.99. The summed E-state index contributed by atoms with van der Waals surface area (Å²) >= 11 is 0. The van der Waals surface area contributed by atoms with Crippen LogP contribution in [0.5, 0.6) is 0 Å². The molecule has 0 heterocycles. The molecule has 0 aliphatic heterocycles. The molecular formula is C16H29O7P. The maximum Gasteiger partial charge on any atom is 0.378 e. The molecule has 0 aromatic heterocycles. The molecule has 1 unspecified atom stereocenters. The average Bonchev–Trinajstić information content (AvgIpc) is 2.52. The van der Waals surface area contributed by atoms with Crippen LogP contribution in [-0.2, 0) is 23.9 Å². The zero-order chi connectivity index (χ0) is 18.4. The zero-order valence-corrected chi connectivity index (χ0v) is 15.2. The van der Waals surface area contributed by atoms with Gasteiger partial charge in [-0.15, -0.1) is 0 Å². The van der Waals surface area contributed by atoms with E-state index < -0.39 is 31.6 Å². The standard InChI is InChI=1S/C16H29O7P/c1-3-5-6-7-8-9-10-11-12-14(13-24(19,20)21)16(18)23-22-15(17)4-2/h4,14H,2-3,5-13H2,1H3,(H2,19,20,21). The fourth-order valence-corrected chi connectivity index (χ4v) is 3.19. The first-order valence-electron chi connectivity index (χ1n) is 8.39. The molecule has 8 heteroatoms. The molecule has 0 amide bonds. The van der Waals surface area contributed by atoms with Gasteiger partial charge in [-0.3, -0.25) is 4.57 Å². The lowest BCUT2D eigenvalue weighted by atomic mass is 10.0. The van der Waals surface area contributed by atoms with Gasteiger partial charge in [0, 0.05) is 6.08 Å². The number of unbranched alkanes of at least 4 members (excludes halogenated alkanes) is 7. The van der Waals surface area contributed by atoms with Crippen LogP contribution in [-0.4, -0.2) is 27.9 Å². The van der Waals surface area contributed by atoms with Crippen LogP contribution in [0.15, 0.2) is 12.7 Å². The number of rotatable bonds is 13. The number of hydrogen-bond donors (Lipinski definition) is 2. The first kappa shape index (κ1) is 22.8. The van der Waals surface area contributed by atoms with Gasteiger partial charge in [0.15, 0.2) is 0 Å². The van der Waals surface area contributed by atoms with Crippen molar-refractivity contribution in [2.24, 2.45) is 5.92 Å². The first-order chi connectivity index (χ1) is 11.3. The molecule has 0 bridgehead atoms. The molecule has 0 radical (unpaired) electrons. The van der Waals surface area contributed by atoms with Gasteiger partial charge in [0.05, 0.1) is 12.1 Å². The Hall–Kier alpha value is -1.17. The topological polar surface area (TPSA) is 110 Å². The quantitative estimate of drug-likeness (QED) is 0.169. The minimum absolute atomic E-state index is 0.282. The van der Waals surface area contributed by atoms with Crippen molar-refractivity contribution in [1.82, 2.24) is 0 Å². The average molecular weight is 364 g/mol. The van der Waals surface area contributed by atoms with Crippen molar-refractivity contribution in [3.8, 4) is 0 Å². The van der Waals surface area contributed by atoms with E-state index in [1.807, 2.05) is 0 Å². The highest BCUT2D eigenvalue weighted by Crippen LogP contribution is 2.38. The summed E-state index contributed by atoms with van der Waals surface area (Å²) in [5.74, 6) is -2.88. The minimum Gasteiger partial charge on any atom is -0.324 e. The third kappa shape index (κ3) is 13.3. The highest BCUT2D eigenvalue weighted by atomic mass is 31.2. The molecule has 0 rings (SSSR count). The van der Waals surface area contributed by atoms with E-state index in [0.29, 0.717) is 6.42 Å². The monoisotopic (exact) mass is 364 g/mol. The molecular weight excluding hydrogens is 335 g/mol. The summed E-state index contributed by atoms with van der Waals surface area (Å²) in [4.78, 5) is 49.3. The first-order valence-corrected chi connectivity index (χ1v) is 10.2. The summed E-state index contributed by atoms with van der Waals surface area (Å²) < 4.78 is 11.1. The van der Waals surface area contributed by atoms with E-state index in [9.17, 15) is 14.2 Å². The molecule has 0 aromatic rings. The highest BCUT2D eigenvalue weighted by molar-refractivity contribution is 7.51. The van der Waals surface area contributed by atoms with Gasteiger partial charge >= 0.3 is 19.5 Å². The third-order valence-corrected chi connectivity index (χ3v) is 4.49. The van der Waals surface area contributed by atoms with E-state index >= 15 is 0 Å². The number of carbonyl (C=O) groups excluding carboxylic acids is 2. The molecule has 7 nitrogen and oxygen atoms in total. The number of hydrogen-bond acceptors (Lipinski definition) is 5. The molecule has 0 aromatic carbocycles. The van der Waals surface area contributed by atoms with Crippen molar-refractivity contribution in [2.45, 2.75) is 64.7 Å². The predicted octanol–water partition coefficient (Wildman–Crippen LogP) is 3.50. The Bertz CT molecular complexity index is 430. The molecule has 0 spiro atoms. The van der Waals surface area contributed by atoms with E-state index in [0.717, 1.165) is 25.3 Å². The Morgan fingerprint density at radius 3 is 2.08 bits per heavy atom. The second kappa shape index (κ2) is 13.2. The van der Waals surface area contributed by atoms with Crippen molar-refractivity contribution < 1.29 is 33.7 Å². The van der Waals surface area contributed by atoms with Crippen LogP contribution in [0.25, 0.3) is 0 Å². The molecule has 0 saturated carbocycles. The Morgan fingerprint density at radius 2 is 1.58 bits per heavy atom. The summed E-state index contributed by atoms with van der Waals surface area (Å²) in [6.45, 7) is 5.31. The molecule has 1 atom stereocenters. The van der Waals surface area contributed by atoms with Crippen LogP contribution in [0.3, 0.4) is 0 Å². The number of carbonyl (C=O) groups is 2. The molecule has 24 heavy (non-hydrogen) atoms. The minimum atomic E-state index is -4.37. The van der Waals surface area contributed by atoms with Gasteiger partial charge in [0.1, 0.15) is 0 Å². The molecule has 0 aliphatic carbocycles. The molecule has 140 valence electrons. The zero-order valence-electron chi connectivity index (χ0n) is 14.3. The summed E-state index contributed by atoms with van der Waals surface area (Å²) in [5.41, 5.74) is 0. The third-order valence-electron chi connectivity index (χ3n) is 3.57. The van der Waals surface area contributed by atoms with E-state index in [1.165, 1.54) is 25.7 Å². The van der Waals surface area contributed by atoms with Gasteiger partial charge in [-0.1, -0.05) is 64.9 Å². The summed E-state index contributed by atoms with van der Waals surface area (Å²) in [7, 11) is -4.37. The van der Waals surface area contributed by atoms with Crippen molar-refractivity contribution in [3.63, 3.8) is 0 Å². The second-order valence-electron chi connectivity index (χ2n) is 5.82. The summed E-state index contributed by atoms with van der Waals surface area (Å²) in [6, 6.07) is 0. The van der Waals surface area contributed by atoms with Crippen molar-refractivity contribution in [3.05, 3.63) is 12.7 Å². The Morgan fingerprint density at radius 1 is 1.04 bits per heavy atom. The van der Waals surface area contributed by atoms with Gasteiger partial charge in [-0.2, -0.15) is 0 Å². The smallest absolute Gasteiger partial charge is 0.324 e. The Labute approximate surface area is 143 Å². The van der Waals surface area contributed by atoms with Gasteiger partial charge < -0.3 is 9.79 Å². The Balaban J connectivity index is 4.17. The molecule has 0 aliphatic rings. The van der Waals surface area contributed by atoms with Gasteiger partial charge in [-0.05, 0) is 6.42 Å². The van der Waals surface area contributed by atoms with Crippen molar-refractivity contribution in [1.29, 1.82) is 0 Å². The van der Waals surface area contributed by atoms with Crippen molar-refractivity contribution >= 4 is 19.5 Å². The van der Waals surface area contributed by atoms with E-state index in [1.54, 1.807) is 0 Å². The van der Waals surface area contributed by atoms with Crippen LogP contribution < -0.4 is 0 Å². The van der Waals surface area contributed by atoms with E-state index in [2.05, 4.69) is 23.3 Å². The van der Waals surface area contributed by atoms with Gasteiger partial charge in [0.2, 0.25) is 0 Å². The van der Waals surface area contributed by atoms with E-state index in [4.69, 9.17) is 9.79 Å². The van der Waals surface area contributed by atoms with Gasteiger partial charge in [0.25, 0.3) is 0 Å². The Kier molecular flexibility index (Phi) is 12.5. The lowest BCUT2D eigenvalue weighted by Crippen LogP contribution is -2.22. The molecule has 0 fully saturated rings. The van der Waals surface area contributed by atoms with Gasteiger partial charge in [-0.25, -0.2) is 19.4 Å². The van der Waals surface area contributed by atoms with Crippen LogP contribution in [0, 0.1) is 5.92 Å². The largest absolute Gasteiger partial charge is 0.378 e. The van der Waals surface area contributed by atoms with Crippen LogP contribution >= 0.6 is 7.60 Å². The van der Waals surface area contributed by atoms with E-state index in [-0.39, 0.29) is 6.42 Å². The normalized spacial score (nSPS) is 12.5. The molecule has 0 saturated heterocycles. The predicted molar refractivity (Wildman–Crippen MR) is 90.0 cm³/mol. The maximum atomic E-state index is 11.8.